The Hall–Kier alpha value is -0.580. The summed E-state index contributed by atoms with van der Waals surface area (Å²) in [6.07, 6.45) is 3.87. The van der Waals surface area contributed by atoms with Gasteiger partial charge in [0, 0.05) is 28.8 Å². The first-order chi connectivity index (χ1) is 4.88. The average molecular weight is 244 g/mol. The molecule has 3 heteroatoms. The molecule has 0 saturated carbocycles. The number of imidazole rings is 1. The fraction of sp³-hybridized carbons (Fsp3) is 0. The zero-order valence-electron chi connectivity index (χ0n) is 5.16. The van der Waals surface area contributed by atoms with Crippen LogP contribution in [0.25, 0.3) is 5.52 Å². The van der Waals surface area contributed by atoms with Gasteiger partial charge in [0.25, 0.3) is 0 Å². The van der Waals surface area contributed by atoms with E-state index >= 15 is 0 Å². The second-order valence-corrected chi connectivity index (χ2v) is 2.99. The molecule has 0 bridgehead atoms. The first kappa shape index (κ1) is 6.15. The highest BCUT2D eigenvalue weighted by atomic mass is 127. The zero-order valence-corrected chi connectivity index (χ0v) is 7.32. The van der Waals surface area contributed by atoms with Crippen LogP contribution in [0, 0.1) is 3.83 Å². The van der Waals surface area contributed by atoms with Gasteiger partial charge in [0.15, 0.2) is 3.83 Å². The summed E-state index contributed by atoms with van der Waals surface area (Å²) in [6, 6.07) is 6.04. The largest absolute Gasteiger partial charge is 0.295 e. The number of halogens is 1. The fourth-order valence-electron chi connectivity index (χ4n) is 0.911. The third kappa shape index (κ3) is 0.811. The van der Waals surface area contributed by atoms with E-state index in [0.29, 0.717) is 0 Å². The molecule has 10 heavy (non-hydrogen) atoms. The van der Waals surface area contributed by atoms with Gasteiger partial charge in [0.1, 0.15) is 0 Å². The second kappa shape index (κ2) is 2.23. The Labute approximate surface area is 72.0 Å². The van der Waals surface area contributed by atoms with Gasteiger partial charge in [-0.25, -0.2) is 4.98 Å². The molecule has 0 radical (unpaired) electrons. The molecule has 0 spiro atoms. The SMILES string of the molecule is Ic1ncc2ccccn12. The smallest absolute Gasteiger partial charge is 0.175 e. The van der Waals surface area contributed by atoms with Crippen molar-refractivity contribution in [2.75, 3.05) is 0 Å². The van der Waals surface area contributed by atoms with E-state index in [1.54, 1.807) is 0 Å². The van der Waals surface area contributed by atoms with Gasteiger partial charge in [-0.1, -0.05) is 6.07 Å². The molecular weight excluding hydrogens is 239 g/mol. The normalized spacial score (nSPS) is 10.5. The van der Waals surface area contributed by atoms with Crippen LogP contribution in [-0.4, -0.2) is 9.38 Å². The lowest BCUT2D eigenvalue weighted by Gasteiger charge is -1.90. The monoisotopic (exact) mass is 244 g/mol. The lowest BCUT2D eigenvalue weighted by atomic mass is 10.4. The predicted molar refractivity (Wildman–Crippen MR) is 47.9 cm³/mol. The third-order valence-electron chi connectivity index (χ3n) is 1.39. The maximum Gasteiger partial charge on any atom is 0.175 e. The highest BCUT2D eigenvalue weighted by Crippen LogP contribution is 2.06. The molecule has 0 aromatic carbocycles. The van der Waals surface area contributed by atoms with Crippen molar-refractivity contribution in [3.8, 4) is 0 Å². The Kier molecular flexibility index (Phi) is 1.37. The molecule has 0 saturated heterocycles. The van der Waals surface area contributed by atoms with Gasteiger partial charge in [-0.3, -0.25) is 4.40 Å². The fourth-order valence-corrected chi connectivity index (χ4v) is 1.49. The summed E-state index contributed by atoms with van der Waals surface area (Å²) in [5, 5.41) is 0. The number of hydrogen-bond donors (Lipinski definition) is 0. The summed E-state index contributed by atoms with van der Waals surface area (Å²) in [7, 11) is 0. The van der Waals surface area contributed by atoms with Gasteiger partial charge >= 0.3 is 0 Å². The standard InChI is InChI=1S/C7H5IN2/c8-7-9-5-6-3-1-2-4-10(6)7/h1-5H. The Morgan fingerprint density at radius 2 is 2.30 bits per heavy atom. The number of hydrogen-bond acceptors (Lipinski definition) is 1. The van der Waals surface area contributed by atoms with Crippen LogP contribution in [0.15, 0.2) is 30.6 Å². The Bertz CT molecular complexity index is 353. The Morgan fingerprint density at radius 1 is 1.40 bits per heavy atom. The van der Waals surface area contributed by atoms with Crippen molar-refractivity contribution in [3.05, 3.63) is 34.4 Å². The molecule has 50 valence electrons. The molecule has 0 N–H and O–H groups in total. The van der Waals surface area contributed by atoms with Crippen molar-refractivity contribution in [2.24, 2.45) is 0 Å². The van der Waals surface area contributed by atoms with Crippen LogP contribution in [0.1, 0.15) is 0 Å². The minimum Gasteiger partial charge on any atom is -0.295 e. The predicted octanol–water partition coefficient (Wildman–Crippen LogP) is 1.94. The highest BCUT2D eigenvalue weighted by Gasteiger charge is 1.94. The summed E-state index contributed by atoms with van der Waals surface area (Å²) in [6.45, 7) is 0. The van der Waals surface area contributed by atoms with Gasteiger partial charge in [-0.05, 0) is 12.1 Å². The maximum atomic E-state index is 4.15. The van der Waals surface area contributed by atoms with E-state index in [0.717, 1.165) is 9.35 Å². The Balaban J connectivity index is 2.93. The molecule has 2 aromatic rings. The van der Waals surface area contributed by atoms with Crippen molar-refractivity contribution < 1.29 is 0 Å². The topological polar surface area (TPSA) is 17.3 Å². The number of rotatable bonds is 0. The van der Waals surface area contributed by atoms with E-state index < -0.39 is 0 Å². The van der Waals surface area contributed by atoms with Gasteiger partial charge in [0.2, 0.25) is 0 Å². The molecule has 0 aliphatic rings. The van der Waals surface area contributed by atoms with Gasteiger partial charge < -0.3 is 0 Å². The van der Waals surface area contributed by atoms with Crippen molar-refractivity contribution >= 4 is 28.1 Å². The van der Waals surface area contributed by atoms with Crippen LogP contribution in [0.3, 0.4) is 0 Å². The summed E-state index contributed by atoms with van der Waals surface area (Å²) < 4.78 is 3.05. The first-order valence-electron chi connectivity index (χ1n) is 2.95. The quantitative estimate of drug-likeness (QED) is 0.647. The molecule has 2 heterocycles. The summed E-state index contributed by atoms with van der Waals surface area (Å²) in [5.41, 5.74) is 1.15. The zero-order chi connectivity index (χ0) is 6.97. The minimum atomic E-state index is 1.01. The molecular formula is C7H5IN2. The Morgan fingerprint density at radius 3 is 3.10 bits per heavy atom. The van der Waals surface area contributed by atoms with Crippen LogP contribution >= 0.6 is 22.6 Å². The van der Waals surface area contributed by atoms with E-state index in [4.69, 9.17) is 0 Å². The van der Waals surface area contributed by atoms with Gasteiger partial charge in [0.05, 0.1) is 11.7 Å². The first-order valence-corrected chi connectivity index (χ1v) is 4.03. The van der Waals surface area contributed by atoms with Crippen LogP contribution in [0.5, 0.6) is 0 Å². The molecule has 2 rings (SSSR count). The molecule has 2 nitrogen and oxygen atoms in total. The molecule has 0 aliphatic heterocycles. The van der Waals surface area contributed by atoms with E-state index in [-0.39, 0.29) is 0 Å². The van der Waals surface area contributed by atoms with E-state index in [9.17, 15) is 0 Å². The number of pyridine rings is 1. The summed E-state index contributed by atoms with van der Waals surface area (Å²) >= 11 is 2.21. The number of aromatic nitrogens is 2. The van der Waals surface area contributed by atoms with Crippen molar-refractivity contribution in [3.63, 3.8) is 0 Å². The van der Waals surface area contributed by atoms with E-state index in [1.165, 1.54) is 0 Å². The summed E-state index contributed by atoms with van der Waals surface area (Å²) in [4.78, 5) is 4.15. The van der Waals surface area contributed by atoms with Gasteiger partial charge in [-0.15, -0.1) is 0 Å². The minimum absolute atomic E-state index is 1.01. The van der Waals surface area contributed by atoms with Crippen molar-refractivity contribution in [1.29, 1.82) is 0 Å². The third-order valence-corrected chi connectivity index (χ3v) is 2.19. The highest BCUT2D eigenvalue weighted by molar-refractivity contribution is 14.1. The van der Waals surface area contributed by atoms with E-state index in [2.05, 4.69) is 27.6 Å². The molecule has 0 aliphatic carbocycles. The van der Waals surface area contributed by atoms with Gasteiger partial charge in [-0.2, -0.15) is 0 Å². The van der Waals surface area contributed by atoms with E-state index in [1.807, 2.05) is 35.0 Å². The molecule has 0 atom stereocenters. The van der Waals surface area contributed by atoms with Crippen molar-refractivity contribution in [2.45, 2.75) is 0 Å². The molecule has 0 fully saturated rings. The molecule has 0 amide bonds. The number of fused-ring (bicyclic) bond motifs is 1. The maximum absolute atomic E-state index is 4.15. The average Bonchev–Trinajstić information content (AvgIpc) is 2.34. The number of nitrogens with zero attached hydrogens (tertiary/aromatic N) is 2. The second-order valence-electron chi connectivity index (χ2n) is 2.02. The van der Waals surface area contributed by atoms with Crippen molar-refractivity contribution in [1.82, 2.24) is 9.38 Å². The molecule has 0 unspecified atom stereocenters. The lowest BCUT2D eigenvalue weighted by Crippen LogP contribution is -1.83. The van der Waals surface area contributed by atoms with Crippen LogP contribution in [0.4, 0.5) is 0 Å². The lowest BCUT2D eigenvalue weighted by molar-refractivity contribution is 1.09. The van der Waals surface area contributed by atoms with Crippen LogP contribution in [0.2, 0.25) is 0 Å². The molecule has 2 aromatic heterocycles. The summed E-state index contributed by atoms with van der Waals surface area (Å²) in [5.74, 6) is 0. The van der Waals surface area contributed by atoms with Crippen LogP contribution < -0.4 is 0 Å². The van der Waals surface area contributed by atoms with Crippen LogP contribution in [-0.2, 0) is 0 Å².